The van der Waals surface area contributed by atoms with Crippen LogP contribution in [0.4, 0.5) is 13.2 Å². The van der Waals surface area contributed by atoms with E-state index >= 15 is 0 Å². The van der Waals surface area contributed by atoms with Crippen molar-refractivity contribution in [1.82, 2.24) is 24.4 Å². The molecule has 0 aromatic carbocycles. The summed E-state index contributed by atoms with van der Waals surface area (Å²) < 4.78 is 47.1. The molecule has 1 unspecified atom stereocenters. The van der Waals surface area contributed by atoms with E-state index < -0.39 is 47.6 Å². The Balaban J connectivity index is 1.73. The summed E-state index contributed by atoms with van der Waals surface area (Å²) in [5.41, 5.74) is -0.951. The summed E-state index contributed by atoms with van der Waals surface area (Å²) in [5, 5.41) is 17.6. The summed E-state index contributed by atoms with van der Waals surface area (Å²) in [6.07, 6.45) is 0.397. The van der Waals surface area contributed by atoms with Gasteiger partial charge in [-0.25, -0.2) is 0 Å². The predicted molar refractivity (Wildman–Crippen MR) is 118 cm³/mol. The molecule has 2 aromatic rings. The Bertz CT molecular complexity index is 1230. The molecule has 0 spiro atoms. The van der Waals surface area contributed by atoms with Gasteiger partial charge in [0, 0.05) is 30.8 Å². The van der Waals surface area contributed by atoms with Gasteiger partial charge >= 0.3 is 6.18 Å². The van der Waals surface area contributed by atoms with Crippen molar-refractivity contribution >= 4 is 23.5 Å². The molecule has 1 saturated carbocycles. The minimum Gasteiger partial charge on any atom is -0.494 e. The third-order valence-electron chi connectivity index (χ3n) is 5.79. The molecule has 2 aromatic heterocycles. The highest BCUT2D eigenvalue weighted by atomic mass is 19.4. The second kappa shape index (κ2) is 9.36. The normalized spacial score (nSPS) is 19.1. The van der Waals surface area contributed by atoms with Crippen LogP contribution in [-0.4, -0.2) is 74.0 Å². The van der Waals surface area contributed by atoms with Crippen molar-refractivity contribution in [2.75, 3.05) is 19.8 Å². The second-order valence-corrected chi connectivity index (χ2v) is 9.09. The number of alkyl halides is 3. The van der Waals surface area contributed by atoms with Gasteiger partial charge in [-0.05, 0) is 24.8 Å². The van der Waals surface area contributed by atoms with E-state index in [2.05, 4.69) is 10.4 Å². The van der Waals surface area contributed by atoms with Crippen molar-refractivity contribution in [3.8, 4) is 5.88 Å². The van der Waals surface area contributed by atoms with E-state index in [9.17, 15) is 32.7 Å². The maximum absolute atomic E-state index is 13.3. The smallest absolute Gasteiger partial charge is 0.411 e. The predicted octanol–water partition coefficient (Wildman–Crippen LogP) is 1.55. The van der Waals surface area contributed by atoms with E-state index in [1.165, 1.54) is 16.8 Å². The molecule has 1 atom stereocenters. The molecule has 10 nitrogen and oxygen atoms in total. The average Bonchev–Trinajstić information content (AvgIpc) is 3.49. The van der Waals surface area contributed by atoms with Gasteiger partial charge in [-0.3, -0.25) is 19.0 Å². The van der Waals surface area contributed by atoms with Gasteiger partial charge in [-0.2, -0.15) is 22.8 Å². The van der Waals surface area contributed by atoms with Crippen LogP contribution in [0.2, 0.25) is 0 Å². The first kappa shape index (κ1) is 24.8. The molecule has 3 heterocycles. The highest BCUT2D eigenvalue weighted by molar-refractivity contribution is 5.97. The van der Waals surface area contributed by atoms with Crippen molar-refractivity contribution in [2.24, 2.45) is 5.92 Å². The van der Waals surface area contributed by atoms with Gasteiger partial charge in [0.1, 0.15) is 5.65 Å². The first-order valence-corrected chi connectivity index (χ1v) is 11.3. The molecular formula is C22H26F3N5O5. The summed E-state index contributed by atoms with van der Waals surface area (Å²) in [5.74, 6) is -2.14. The van der Waals surface area contributed by atoms with Crippen molar-refractivity contribution in [3.63, 3.8) is 0 Å². The van der Waals surface area contributed by atoms with Crippen LogP contribution < -0.4 is 10.9 Å². The lowest BCUT2D eigenvalue weighted by Gasteiger charge is -2.35. The third kappa shape index (κ3) is 5.04. The molecule has 2 amide bonds. The number of carbonyl (C=O) groups excluding carboxylic acids is 2. The fraction of sp³-hybridized carbons (Fsp3) is 0.545. The molecule has 0 radical (unpaired) electrons. The minimum absolute atomic E-state index is 0.0131. The molecule has 1 aliphatic carbocycles. The number of fused-ring (bicyclic) bond motifs is 1. The van der Waals surface area contributed by atoms with Crippen LogP contribution in [0, 0.1) is 5.92 Å². The number of amides is 2. The number of halogens is 3. The van der Waals surface area contributed by atoms with E-state index in [0.29, 0.717) is 4.90 Å². The van der Waals surface area contributed by atoms with E-state index in [0.717, 1.165) is 23.4 Å². The Morgan fingerprint density at radius 2 is 2.06 bits per heavy atom. The zero-order valence-corrected chi connectivity index (χ0v) is 19.2. The molecule has 1 aliphatic heterocycles. The molecule has 2 N–H and O–H groups in total. The Morgan fingerprint density at radius 1 is 1.34 bits per heavy atom. The van der Waals surface area contributed by atoms with Crippen molar-refractivity contribution in [2.45, 2.75) is 51.5 Å². The fourth-order valence-electron chi connectivity index (χ4n) is 3.95. The van der Waals surface area contributed by atoms with Gasteiger partial charge in [0.15, 0.2) is 11.6 Å². The van der Waals surface area contributed by atoms with Crippen LogP contribution in [-0.2, 0) is 16.1 Å². The molecular weight excluding hydrogens is 471 g/mol. The quantitative estimate of drug-likeness (QED) is 0.585. The lowest BCUT2D eigenvalue weighted by Crippen LogP contribution is -2.55. The Hall–Kier alpha value is -3.35. The van der Waals surface area contributed by atoms with Crippen LogP contribution in [0.25, 0.3) is 11.7 Å². The van der Waals surface area contributed by atoms with Gasteiger partial charge in [0.2, 0.25) is 11.8 Å². The lowest BCUT2D eigenvalue weighted by molar-refractivity contribution is -0.211. The number of morpholine rings is 1. The molecule has 35 heavy (non-hydrogen) atoms. The maximum atomic E-state index is 13.3. The number of hydrogen-bond acceptors (Lipinski definition) is 6. The monoisotopic (exact) mass is 497 g/mol. The van der Waals surface area contributed by atoms with Crippen LogP contribution >= 0.6 is 0 Å². The zero-order valence-electron chi connectivity index (χ0n) is 19.2. The van der Waals surface area contributed by atoms with E-state index in [-0.39, 0.29) is 42.9 Å². The molecule has 4 rings (SSSR count). The largest absolute Gasteiger partial charge is 0.494 e. The van der Waals surface area contributed by atoms with Crippen LogP contribution in [0.5, 0.6) is 5.88 Å². The molecule has 13 heteroatoms. The molecule has 0 bridgehead atoms. The number of aromatic hydroxyl groups is 1. The minimum atomic E-state index is -4.64. The Morgan fingerprint density at radius 3 is 2.69 bits per heavy atom. The first-order valence-electron chi connectivity index (χ1n) is 11.3. The van der Waals surface area contributed by atoms with Crippen molar-refractivity contribution in [3.05, 3.63) is 33.8 Å². The number of aromatic nitrogens is 3. The SMILES string of the molecule is CC(C)Cn1c(O)c(C(=O)NC2CC2)c(=O)n2ncc(C=CC(=O)N3CCOCC3C(F)(F)F)c12. The summed E-state index contributed by atoms with van der Waals surface area (Å²) in [7, 11) is 0. The van der Waals surface area contributed by atoms with Gasteiger partial charge in [-0.15, -0.1) is 0 Å². The van der Waals surface area contributed by atoms with Gasteiger partial charge in [0.25, 0.3) is 11.5 Å². The zero-order chi connectivity index (χ0) is 25.5. The van der Waals surface area contributed by atoms with Crippen molar-refractivity contribution in [1.29, 1.82) is 0 Å². The van der Waals surface area contributed by atoms with Crippen LogP contribution in [0.1, 0.15) is 42.6 Å². The Kier molecular flexibility index (Phi) is 6.62. The number of rotatable bonds is 6. The van der Waals surface area contributed by atoms with Gasteiger partial charge < -0.3 is 20.1 Å². The summed E-state index contributed by atoms with van der Waals surface area (Å²) >= 11 is 0. The standard InChI is InChI=1S/C22H26F3N5O5/c1-12(2)10-29-19-13(3-6-16(31)28-7-8-35-11-15(28)22(23,24)25)9-26-30(19)21(34)17(20(29)33)18(32)27-14-4-5-14/h3,6,9,12,14-15,33H,4-5,7-8,10-11H2,1-2H3,(H,27,32). The van der Waals surface area contributed by atoms with Crippen molar-refractivity contribution < 1.29 is 32.6 Å². The highest BCUT2D eigenvalue weighted by Gasteiger charge is 2.46. The highest BCUT2D eigenvalue weighted by Crippen LogP contribution is 2.28. The number of ether oxygens (including phenoxy) is 1. The maximum Gasteiger partial charge on any atom is 0.411 e. The topological polar surface area (TPSA) is 118 Å². The third-order valence-corrected chi connectivity index (χ3v) is 5.79. The number of nitrogens with one attached hydrogen (secondary N) is 1. The molecule has 190 valence electrons. The van der Waals surface area contributed by atoms with E-state index in [1.54, 1.807) is 0 Å². The lowest BCUT2D eigenvalue weighted by atomic mass is 10.2. The second-order valence-electron chi connectivity index (χ2n) is 9.09. The summed E-state index contributed by atoms with van der Waals surface area (Å²) in [4.78, 5) is 39.0. The molecule has 2 aliphatic rings. The van der Waals surface area contributed by atoms with Gasteiger partial charge in [-0.1, -0.05) is 13.8 Å². The summed E-state index contributed by atoms with van der Waals surface area (Å²) in [6.45, 7) is 3.05. The number of nitrogens with zero attached hydrogens (tertiary/aromatic N) is 4. The van der Waals surface area contributed by atoms with E-state index in [1.807, 2.05) is 13.8 Å². The molecule has 2 fully saturated rings. The fourth-order valence-corrected chi connectivity index (χ4v) is 3.95. The van der Waals surface area contributed by atoms with Gasteiger partial charge in [0.05, 0.1) is 19.4 Å². The van der Waals surface area contributed by atoms with Crippen LogP contribution in [0.15, 0.2) is 17.1 Å². The summed E-state index contributed by atoms with van der Waals surface area (Å²) in [6, 6.07) is -2.11. The number of hydrogen-bond donors (Lipinski definition) is 2. The first-order chi connectivity index (χ1) is 16.5. The Labute approximate surface area is 198 Å². The molecule has 1 saturated heterocycles. The average molecular weight is 497 g/mol. The number of carbonyl (C=O) groups is 2. The van der Waals surface area contributed by atoms with E-state index in [4.69, 9.17) is 4.74 Å². The van der Waals surface area contributed by atoms with Crippen LogP contribution in [0.3, 0.4) is 0 Å².